The molecule has 0 aliphatic heterocycles. The molecule has 1 amide bonds. The molecular formula is C12H17F6NO2. The Morgan fingerprint density at radius 2 is 1.62 bits per heavy atom. The van der Waals surface area contributed by atoms with Crippen molar-refractivity contribution in [3.05, 3.63) is 0 Å². The molecule has 0 unspecified atom stereocenters. The average molecular weight is 321 g/mol. The molecule has 0 spiro atoms. The Balaban J connectivity index is 2.67. The Bertz CT molecular complexity index is 357. The summed E-state index contributed by atoms with van der Waals surface area (Å²) in [7, 11) is 0. The molecule has 0 aromatic heterocycles. The van der Waals surface area contributed by atoms with Crippen molar-refractivity contribution < 1.29 is 36.2 Å². The van der Waals surface area contributed by atoms with Crippen LogP contribution in [0.1, 0.15) is 32.6 Å². The normalized spacial score (nSPS) is 27.8. The highest BCUT2D eigenvalue weighted by Crippen LogP contribution is 2.39. The maximum absolute atomic E-state index is 12.3. The summed E-state index contributed by atoms with van der Waals surface area (Å²) in [6.07, 6.45) is -9.75. The largest absolute Gasteiger partial charge is 0.409 e. The van der Waals surface area contributed by atoms with Gasteiger partial charge in [0.05, 0.1) is 5.60 Å². The second kappa shape index (κ2) is 6.02. The van der Waals surface area contributed by atoms with E-state index in [1.54, 1.807) is 5.32 Å². The fourth-order valence-electron chi connectivity index (χ4n) is 2.31. The molecule has 1 fully saturated rings. The van der Waals surface area contributed by atoms with Gasteiger partial charge in [0.15, 0.2) is 0 Å². The first-order chi connectivity index (χ1) is 9.35. The minimum absolute atomic E-state index is 0.233. The Morgan fingerprint density at radius 1 is 1.19 bits per heavy atom. The summed E-state index contributed by atoms with van der Waals surface area (Å²) < 4.78 is 74.0. The second-order valence-corrected chi connectivity index (χ2v) is 5.64. The minimum atomic E-state index is -5.72. The summed E-state index contributed by atoms with van der Waals surface area (Å²) in [6, 6.07) is 0. The molecule has 2 N–H and O–H groups in total. The van der Waals surface area contributed by atoms with Crippen molar-refractivity contribution in [3.63, 3.8) is 0 Å². The Labute approximate surface area is 117 Å². The molecular weight excluding hydrogens is 304 g/mol. The van der Waals surface area contributed by atoms with Crippen molar-refractivity contribution in [1.82, 2.24) is 5.32 Å². The van der Waals surface area contributed by atoms with Gasteiger partial charge in [-0.25, -0.2) is 0 Å². The molecule has 0 atom stereocenters. The van der Waals surface area contributed by atoms with Crippen LogP contribution < -0.4 is 5.32 Å². The quantitative estimate of drug-likeness (QED) is 0.785. The van der Waals surface area contributed by atoms with Gasteiger partial charge in [0.25, 0.3) is 0 Å². The van der Waals surface area contributed by atoms with Crippen LogP contribution in [0.5, 0.6) is 0 Å². The Hall–Kier alpha value is -0.990. The topological polar surface area (TPSA) is 49.3 Å². The number of nitrogens with one attached hydrogen (secondary N) is 1. The molecule has 21 heavy (non-hydrogen) atoms. The molecule has 0 aromatic rings. The first kappa shape index (κ1) is 18.1. The van der Waals surface area contributed by atoms with E-state index >= 15 is 0 Å². The van der Waals surface area contributed by atoms with Gasteiger partial charge in [-0.1, -0.05) is 6.92 Å². The summed E-state index contributed by atoms with van der Waals surface area (Å²) in [5.41, 5.74) is -1.44. The monoisotopic (exact) mass is 321 g/mol. The standard InChI is InChI=1S/C12H17F6NO2/c1-7-2-4-10(21,5-3-7)6-19-9(20)8(11(13,14)15)12(16,17)18/h7-8,21H,2-6H2,1H3,(H,19,20). The van der Waals surface area contributed by atoms with Gasteiger partial charge in [-0.3, -0.25) is 4.79 Å². The first-order valence-corrected chi connectivity index (χ1v) is 6.49. The third-order valence-electron chi connectivity index (χ3n) is 3.71. The highest BCUT2D eigenvalue weighted by molar-refractivity contribution is 5.80. The van der Waals surface area contributed by atoms with E-state index in [0.717, 1.165) is 0 Å². The molecule has 0 aromatic carbocycles. The van der Waals surface area contributed by atoms with Crippen LogP contribution in [-0.4, -0.2) is 35.5 Å². The van der Waals surface area contributed by atoms with E-state index in [0.29, 0.717) is 18.8 Å². The lowest BCUT2D eigenvalue weighted by Crippen LogP contribution is -2.52. The number of aliphatic hydroxyl groups is 1. The van der Waals surface area contributed by atoms with E-state index in [9.17, 15) is 36.2 Å². The summed E-state index contributed by atoms with van der Waals surface area (Å²) in [5, 5.41) is 11.6. The van der Waals surface area contributed by atoms with E-state index in [-0.39, 0.29) is 12.8 Å². The van der Waals surface area contributed by atoms with Crippen LogP contribution in [0.3, 0.4) is 0 Å². The zero-order valence-electron chi connectivity index (χ0n) is 11.3. The van der Waals surface area contributed by atoms with Crippen LogP contribution in [0.25, 0.3) is 0 Å². The zero-order valence-corrected chi connectivity index (χ0v) is 11.3. The minimum Gasteiger partial charge on any atom is -0.388 e. The summed E-state index contributed by atoms with van der Waals surface area (Å²) in [4.78, 5) is 11.2. The van der Waals surface area contributed by atoms with Gasteiger partial charge in [0, 0.05) is 6.54 Å². The Morgan fingerprint density at radius 3 is 2.00 bits per heavy atom. The molecule has 1 saturated carbocycles. The van der Waals surface area contributed by atoms with Crippen LogP contribution in [0.2, 0.25) is 0 Å². The predicted molar refractivity (Wildman–Crippen MR) is 61.2 cm³/mol. The van der Waals surface area contributed by atoms with Gasteiger partial charge in [-0.05, 0) is 31.6 Å². The molecule has 0 radical (unpaired) electrons. The number of carbonyl (C=O) groups is 1. The van der Waals surface area contributed by atoms with Crippen molar-refractivity contribution in [1.29, 1.82) is 0 Å². The molecule has 9 heteroatoms. The van der Waals surface area contributed by atoms with Crippen molar-refractivity contribution in [2.75, 3.05) is 6.54 Å². The predicted octanol–water partition coefficient (Wildman–Crippen LogP) is 2.78. The van der Waals surface area contributed by atoms with Gasteiger partial charge in [-0.2, -0.15) is 26.3 Å². The molecule has 3 nitrogen and oxygen atoms in total. The van der Waals surface area contributed by atoms with Crippen LogP contribution in [-0.2, 0) is 4.79 Å². The van der Waals surface area contributed by atoms with Gasteiger partial charge in [-0.15, -0.1) is 0 Å². The summed E-state index contributed by atoms with van der Waals surface area (Å²) in [5.74, 6) is -5.92. The molecule has 0 saturated heterocycles. The van der Waals surface area contributed by atoms with Crippen molar-refractivity contribution in [2.24, 2.45) is 11.8 Å². The van der Waals surface area contributed by atoms with Crippen LogP contribution in [0, 0.1) is 11.8 Å². The highest BCUT2D eigenvalue weighted by atomic mass is 19.4. The average Bonchev–Trinajstić information content (AvgIpc) is 2.27. The molecule has 1 rings (SSSR count). The summed E-state index contributed by atoms with van der Waals surface area (Å²) in [6.45, 7) is 1.32. The fraction of sp³-hybridized carbons (Fsp3) is 0.917. The SMILES string of the molecule is CC1CCC(O)(CNC(=O)C(C(F)(F)F)C(F)(F)F)CC1. The van der Waals surface area contributed by atoms with E-state index in [1.807, 2.05) is 6.92 Å². The third-order valence-corrected chi connectivity index (χ3v) is 3.71. The highest BCUT2D eigenvalue weighted by Gasteiger charge is 2.61. The summed E-state index contributed by atoms with van der Waals surface area (Å²) >= 11 is 0. The lowest BCUT2D eigenvalue weighted by Gasteiger charge is -2.35. The van der Waals surface area contributed by atoms with Crippen molar-refractivity contribution >= 4 is 5.91 Å². The molecule has 124 valence electrons. The molecule has 0 bridgehead atoms. The number of rotatable bonds is 3. The Kier molecular flexibility index (Phi) is 5.18. The van der Waals surface area contributed by atoms with Gasteiger partial charge in [0.2, 0.25) is 11.8 Å². The van der Waals surface area contributed by atoms with Crippen LogP contribution in [0.15, 0.2) is 0 Å². The number of carbonyl (C=O) groups excluding carboxylic acids is 1. The smallest absolute Gasteiger partial charge is 0.388 e. The van der Waals surface area contributed by atoms with E-state index in [2.05, 4.69) is 0 Å². The number of alkyl halides is 6. The van der Waals surface area contributed by atoms with Gasteiger partial charge >= 0.3 is 12.4 Å². The lowest BCUT2D eigenvalue weighted by atomic mass is 9.79. The van der Waals surface area contributed by atoms with Gasteiger partial charge in [0.1, 0.15) is 0 Å². The van der Waals surface area contributed by atoms with Crippen LogP contribution in [0.4, 0.5) is 26.3 Å². The number of amides is 1. The second-order valence-electron chi connectivity index (χ2n) is 5.64. The molecule has 0 heterocycles. The van der Waals surface area contributed by atoms with Gasteiger partial charge < -0.3 is 10.4 Å². The van der Waals surface area contributed by atoms with E-state index in [4.69, 9.17) is 0 Å². The van der Waals surface area contributed by atoms with E-state index in [1.165, 1.54) is 0 Å². The van der Waals surface area contributed by atoms with Crippen molar-refractivity contribution in [2.45, 2.75) is 50.6 Å². The van der Waals surface area contributed by atoms with Crippen molar-refractivity contribution in [3.8, 4) is 0 Å². The lowest BCUT2D eigenvalue weighted by molar-refractivity contribution is -0.274. The number of hydrogen-bond acceptors (Lipinski definition) is 2. The fourth-order valence-corrected chi connectivity index (χ4v) is 2.31. The first-order valence-electron chi connectivity index (χ1n) is 6.49. The maximum Gasteiger partial charge on any atom is 0.409 e. The zero-order chi connectivity index (χ0) is 16.5. The number of halogens is 6. The third kappa shape index (κ3) is 5.05. The molecule has 1 aliphatic rings. The van der Waals surface area contributed by atoms with Crippen LogP contribution >= 0.6 is 0 Å². The maximum atomic E-state index is 12.3. The molecule has 1 aliphatic carbocycles. The number of hydrogen-bond donors (Lipinski definition) is 2. The van der Waals surface area contributed by atoms with E-state index < -0.39 is 36.3 Å².